The Bertz CT molecular complexity index is 622. The first kappa shape index (κ1) is 15.8. The zero-order valence-corrected chi connectivity index (χ0v) is 13.3. The fourth-order valence-corrected chi connectivity index (χ4v) is 2.47. The van der Waals surface area contributed by atoms with Crippen molar-refractivity contribution in [2.75, 3.05) is 5.73 Å². The number of hydrogen-bond donors (Lipinski definition) is 1. The number of nitrogen functional groups attached to an aromatic ring is 1. The lowest BCUT2D eigenvalue weighted by molar-refractivity contribution is 0.604. The third-order valence-corrected chi connectivity index (χ3v) is 3.79. The minimum Gasteiger partial charge on any atom is -0.383 e. The molecule has 21 heavy (non-hydrogen) atoms. The normalized spacial score (nSPS) is 11.0. The SMILES string of the molecule is CCCCn1c(CCC)nc(-c2ccc(Cl)c(F)c2)c1N. The summed E-state index contributed by atoms with van der Waals surface area (Å²) in [5.41, 5.74) is 7.55. The summed E-state index contributed by atoms with van der Waals surface area (Å²) in [5, 5.41) is 0.108. The van der Waals surface area contributed by atoms with E-state index in [1.54, 1.807) is 6.07 Å². The van der Waals surface area contributed by atoms with Crippen molar-refractivity contribution in [1.82, 2.24) is 9.55 Å². The van der Waals surface area contributed by atoms with Gasteiger partial charge in [-0.1, -0.05) is 37.9 Å². The average molecular weight is 310 g/mol. The number of halogens is 2. The molecule has 0 amide bonds. The summed E-state index contributed by atoms with van der Waals surface area (Å²) in [4.78, 5) is 4.62. The third kappa shape index (κ3) is 3.38. The second-order valence-electron chi connectivity index (χ2n) is 5.15. The number of rotatable bonds is 6. The topological polar surface area (TPSA) is 43.8 Å². The van der Waals surface area contributed by atoms with Crippen LogP contribution in [0.2, 0.25) is 5.02 Å². The van der Waals surface area contributed by atoms with E-state index in [4.69, 9.17) is 17.3 Å². The van der Waals surface area contributed by atoms with Crippen LogP contribution >= 0.6 is 11.6 Å². The van der Waals surface area contributed by atoms with Crippen molar-refractivity contribution in [3.8, 4) is 11.3 Å². The average Bonchev–Trinajstić information content (AvgIpc) is 2.77. The van der Waals surface area contributed by atoms with Gasteiger partial charge in [-0.25, -0.2) is 9.37 Å². The lowest BCUT2D eigenvalue weighted by Crippen LogP contribution is -2.07. The summed E-state index contributed by atoms with van der Waals surface area (Å²) >= 11 is 5.73. The number of unbranched alkanes of at least 4 members (excludes halogenated alkanes) is 1. The van der Waals surface area contributed by atoms with E-state index in [1.165, 1.54) is 12.1 Å². The zero-order valence-electron chi connectivity index (χ0n) is 12.5. The maximum atomic E-state index is 13.6. The molecule has 2 aromatic rings. The van der Waals surface area contributed by atoms with Gasteiger partial charge in [0.2, 0.25) is 0 Å². The Balaban J connectivity index is 2.45. The van der Waals surface area contributed by atoms with E-state index in [0.29, 0.717) is 17.1 Å². The Morgan fingerprint density at radius 2 is 2.05 bits per heavy atom. The van der Waals surface area contributed by atoms with E-state index < -0.39 is 5.82 Å². The summed E-state index contributed by atoms with van der Waals surface area (Å²) in [6.07, 6.45) is 4.00. The Kier molecular flexibility index (Phi) is 5.23. The Labute approximate surface area is 129 Å². The fraction of sp³-hybridized carbons (Fsp3) is 0.438. The van der Waals surface area contributed by atoms with Crippen molar-refractivity contribution in [3.63, 3.8) is 0 Å². The first-order valence-corrected chi connectivity index (χ1v) is 7.76. The second kappa shape index (κ2) is 6.94. The first-order chi connectivity index (χ1) is 10.1. The van der Waals surface area contributed by atoms with E-state index >= 15 is 0 Å². The predicted molar refractivity (Wildman–Crippen MR) is 85.9 cm³/mol. The van der Waals surface area contributed by atoms with Crippen molar-refractivity contribution in [3.05, 3.63) is 34.9 Å². The van der Waals surface area contributed by atoms with Gasteiger partial charge in [-0.05, 0) is 25.0 Å². The van der Waals surface area contributed by atoms with Crippen LogP contribution in [0.3, 0.4) is 0 Å². The quantitative estimate of drug-likeness (QED) is 0.842. The Morgan fingerprint density at radius 3 is 2.67 bits per heavy atom. The van der Waals surface area contributed by atoms with Crippen molar-refractivity contribution in [2.45, 2.75) is 46.1 Å². The molecular weight excluding hydrogens is 289 g/mol. The van der Waals surface area contributed by atoms with Gasteiger partial charge >= 0.3 is 0 Å². The van der Waals surface area contributed by atoms with Gasteiger partial charge in [-0.2, -0.15) is 0 Å². The number of hydrogen-bond acceptors (Lipinski definition) is 2. The standard InChI is InChI=1S/C16H21ClFN3/c1-3-5-9-21-14(6-4-2)20-15(16(21)19)11-7-8-12(17)13(18)10-11/h7-8,10H,3-6,9,19H2,1-2H3. The van der Waals surface area contributed by atoms with Crippen molar-refractivity contribution >= 4 is 17.4 Å². The minimum absolute atomic E-state index is 0.108. The largest absolute Gasteiger partial charge is 0.383 e. The van der Waals surface area contributed by atoms with Crippen LogP contribution in [0.5, 0.6) is 0 Å². The van der Waals surface area contributed by atoms with Gasteiger partial charge in [-0.15, -0.1) is 0 Å². The molecule has 1 aromatic carbocycles. The number of aromatic nitrogens is 2. The van der Waals surface area contributed by atoms with Crippen molar-refractivity contribution in [1.29, 1.82) is 0 Å². The van der Waals surface area contributed by atoms with Crippen molar-refractivity contribution in [2.24, 2.45) is 0 Å². The molecule has 1 aromatic heterocycles. The molecule has 0 fully saturated rings. The van der Waals surface area contributed by atoms with Crippen LogP contribution in [0.25, 0.3) is 11.3 Å². The zero-order chi connectivity index (χ0) is 15.4. The lowest BCUT2D eigenvalue weighted by atomic mass is 10.1. The number of benzene rings is 1. The molecule has 3 nitrogen and oxygen atoms in total. The Hall–Kier alpha value is -1.55. The van der Waals surface area contributed by atoms with Crippen molar-refractivity contribution < 1.29 is 4.39 Å². The number of anilines is 1. The second-order valence-corrected chi connectivity index (χ2v) is 5.55. The summed E-state index contributed by atoms with van der Waals surface area (Å²) in [5.74, 6) is 1.12. The molecule has 0 spiro atoms. The van der Waals surface area contributed by atoms with E-state index in [9.17, 15) is 4.39 Å². The highest BCUT2D eigenvalue weighted by Gasteiger charge is 2.16. The highest BCUT2D eigenvalue weighted by atomic mass is 35.5. The maximum Gasteiger partial charge on any atom is 0.142 e. The summed E-state index contributed by atoms with van der Waals surface area (Å²) in [6, 6.07) is 4.68. The van der Waals surface area contributed by atoms with Crippen LogP contribution in [0.4, 0.5) is 10.2 Å². The van der Waals surface area contributed by atoms with E-state index in [2.05, 4.69) is 23.4 Å². The van der Waals surface area contributed by atoms with E-state index in [1.807, 2.05) is 0 Å². The van der Waals surface area contributed by atoms with Gasteiger partial charge in [0.05, 0.1) is 5.02 Å². The lowest BCUT2D eigenvalue weighted by Gasteiger charge is -2.08. The maximum absolute atomic E-state index is 13.6. The minimum atomic E-state index is -0.450. The predicted octanol–water partition coefficient (Wildman–Crippen LogP) is 4.68. The highest BCUT2D eigenvalue weighted by Crippen LogP contribution is 2.29. The van der Waals surface area contributed by atoms with E-state index in [0.717, 1.165) is 38.1 Å². The molecule has 5 heteroatoms. The molecule has 0 saturated carbocycles. The summed E-state index contributed by atoms with van der Waals surface area (Å²) < 4.78 is 15.7. The molecule has 0 saturated heterocycles. The van der Waals surface area contributed by atoms with E-state index in [-0.39, 0.29) is 5.02 Å². The third-order valence-electron chi connectivity index (χ3n) is 3.49. The molecule has 0 aliphatic heterocycles. The van der Waals surface area contributed by atoms with Crippen LogP contribution in [-0.4, -0.2) is 9.55 Å². The molecule has 0 unspecified atom stereocenters. The first-order valence-electron chi connectivity index (χ1n) is 7.38. The van der Waals surface area contributed by atoms with Gasteiger partial charge in [0.15, 0.2) is 0 Å². The highest BCUT2D eigenvalue weighted by molar-refractivity contribution is 6.30. The van der Waals surface area contributed by atoms with Gasteiger partial charge < -0.3 is 10.3 Å². The summed E-state index contributed by atoms with van der Waals surface area (Å²) in [6.45, 7) is 5.10. The molecule has 114 valence electrons. The Morgan fingerprint density at radius 1 is 1.29 bits per heavy atom. The van der Waals surface area contributed by atoms with Gasteiger partial charge in [0, 0.05) is 18.5 Å². The molecular formula is C16H21ClFN3. The molecule has 0 radical (unpaired) electrons. The van der Waals surface area contributed by atoms with Crippen LogP contribution in [-0.2, 0) is 13.0 Å². The molecule has 0 bridgehead atoms. The molecule has 0 aliphatic rings. The number of imidazole rings is 1. The molecule has 1 heterocycles. The summed E-state index contributed by atoms with van der Waals surface area (Å²) in [7, 11) is 0. The molecule has 0 aliphatic carbocycles. The van der Waals surface area contributed by atoms with Gasteiger partial charge in [0.1, 0.15) is 23.2 Å². The smallest absolute Gasteiger partial charge is 0.142 e. The van der Waals surface area contributed by atoms with Crippen LogP contribution < -0.4 is 5.73 Å². The number of nitrogens with two attached hydrogens (primary N) is 1. The van der Waals surface area contributed by atoms with Crippen LogP contribution in [0.1, 0.15) is 38.9 Å². The molecule has 2 N–H and O–H groups in total. The monoisotopic (exact) mass is 309 g/mol. The van der Waals surface area contributed by atoms with Crippen LogP contribution in [0.15, 0.2) is 18.2 Å². The molecule has 2 rings (SSSR count). The number of nitrogens with zero attached hydrogens (tertiary/aromatic N) is 2. The van der Waals surface area contributed by atoms with Gasteiger partial charge in [0.25, 0.3) is 0 Å². The number of aryl methyl sites for hydroxylation is 1. The fourth-order valence-electron chi connectivity index (χ4n) is 2.35. The van der Waals surface area contributed by atoms with Gasteiger partial charge in [-0.3, -0.25) is 0 Å². The molecule has 0 atom stereocenters. The van der Waals surface area contributed by atoms with Crippen LogP contribution in [0, 0.1) is 5.82 Å².